The molecule has 0 amide bonds. The van der Waals surface area contributed by atoms with Gasteiger partial charge in [0.1, 0.15) is 0 Å². The molecule has 2 aromatic heterocycles. The van der Waals surface area contributed by atoms with Crippen molar-refractivity contribution < 1.29 is 0 Å². The summed E-state index contributed by atoms with van der Waals surface area (Å²) in [4.78, 5) is 17.1. The third-order valence-electron chi connectivity index (χ3n) is 22.7. The number of para-hydroxylation sites is 10. The van der Waals surface area contributed by atoms with Crippen LogP contribution < -0.4 is 64.0 Å². The molecule has 0 saturated carbocycles. The first-order chi connectivity index (χ1) is 55.2. The lowest BCUT2D eigenvalue weighted by molar-refractivity contribution is 1.01. The smallest absolute Gasteiger partial charge is 0.269 e. The van der Waals surface area contributed by atoms with Gasteiger partial charge >= 0.3 is 0 Å². The number of rotatable bonds is 9. The van der Waals surface area contributed by atoms with E-state index in [1.54, 1.807) is 0 Å². The van der Waals surface area contributed by atoms with Crippen LogP contribution in [0.3, 0.4) is 0 Å². The van der Waals surface area contributed by atoms with Gasteiger partial charge in [-0.15, -0.1) is 0 Å². The number of benzene rings is 16. The van der Waals surface area contributed by atoms with Gasteiger partial charge in [-0.1, -0.05) is 339 Å². The Morgan fingerprint density at radius 3 is 1.17 bits per heavy atom. The molecule has 0 saturated heterocycles. The standard InChI is InChI=1S/C49H34BN.2C27H19BN2/c1-4-17-34(18-5-1)38-25-16-26-39(35-19-6-2-7-20-35)49(38)50-44-27-12-14-29-46(44)51(47-30-15-13-28-45(47)50)37-31-32-42-43(33-37)40-23-10-11-24-41(40)48(42)36-21-8-3-9-22-36;1-2-11-21(12-3-1)30-25-16-8-5-13-22(25)28(23-14-6-9-17-26(23)30)27-19-18-20-10-4-7-15-24(20)29-27;1-2-12-21(13-3-1)30-25-17-6-4-14-22(25)28(23-15-5-7-18-26(23)30)24-16-8-10-20-11-9-19-29-27(20)24/h1-33,48H;2*1-19H. The van der Waals surface area contributed by atoms with E-state index in [4.69, 9.17) is 9.97 Å². The van der Waals surface area contributed by atoms with Gasteiger partial charge in [0.25, 0.3) is 6.71 Å². The van der Waals surface area contributed by atoms with Crippen LogP contribution >= 0.6 is 0 Å². The predicted octanol–water partition coefficient (Wildman–Crippen LogP) is 19.5. The maximum absolute atomic E-state index is 5.08. The predicted molar refractivity (Wildman–Crippen MR) is 471 cm³/mol. The number of hydrogen-bond acceptors (Lipinski definition) is 5. The second kappa shape index (κ2) is 28.9. The molecule has 518 valence electrons. The highest BCUT2D eigenvalue weighted by Crippen LogP contribution is 2.51. The molecule has 22 rings (SSSR count). The summed E-state index contributed by atoms with van der Waals surface area (Å²) in [6, 6.07) is 153. The van der Waals surface area contributed by atoms with Crippen LogP contribution in [-0.4, -0.2) is 30.1 Å². The van der Waals surface area contributed by atoms with Gasteiger partial charge in [0.05, 0.1) is 11.0 Å². The van der Waals surface area contributed by atoms with Gasteiger partial charge in [-0.2, -0.15) is 0 Å². The number of hydrogen-bond donors (Lipinski definition) is 0. The number of anilines is 9. The fourth-order valence-electron chi connectivity index (χ4n) is 18.0. The van der Waals surface area contributed by atoms with Crippen LogP contribution in [0, 0.1) is 0 Å². The summed E-state index contributed by atoms with van der Waals surface area (Å²) >= 11 is 0. The average Bonchev–Trinajstić information content (AvgIpc) is 1.35. The van der Waals surface area contributed by atoms with Crippen LogP contribution in [0.25, 0.3) is 55.2 Å². The Balaban J connectivity index is 0.000000115. The van der Waals surface area contributed by atoms with Gasteiger partial charge in [-0.05, 0) is 185 Å². The fourth-order valence-corrected chi connectivity index (χ4v) is 18.0. The summed E-state index contributed by atoms with van der Waals surface area (Å²) in [6.45, 7) is 0.260. The van der Waals surface area contributed by atoms with Crippen molar-refractivity contribution in [2.24, 2.45) is 0 Å². The second-order valence-corrected chi connectivity index (χ2v) is 28.9. The number of aromatic nitrogens is 2. The highest BCUT2D eigenvalue weighted by atomic mass is 15.2. The van der Waals surface area contributed by atoms with E-state index >= 15 is 0 Å². The van der Waals surface area contributed by atoms with Crippen molar-refractivity contribution in [2.45, 2.75) is 5.92 Å². The van der Waals surface area contributed by atoms with Crippen LogP contribution in [0.1, 0.15) is 22.6 Å². The van der Waals surface area contributed by atoms with Gasteiger partial charge in [-0.25, -0.2) is 0 Å². The van der Waals surface area contributed by atoms with E-state index in [0.29, 0.717) is 0 Å². The molecule has 5 nitrogen and oxygen atoms in total. The van der Waals surface area contributed by atoms with Crippen LogP contribution in [0.15, 0.2) is 431 Å². The highest BCUT2D eigenvalue weighted by Gasteiger charge is 2.41. The van der Waals surface area contributed by atoms with Crippen LogP contribution in [0.2, 0.25) is 0 Å². The van der Waals surface area contributed by atoms with E-state index in [2.05, 4.69) is 433 Å². The van der Waals surface area contributed by atoms with E-state index in [1.807, 2.05) is 12.3 Å². The minimum absolute atomic E-state index is 0.0258. The third-order valence-corrected chi connectivity index (χ3v) is 22.7. The monoisotopic (exact) mass is 1410 g/mol. The third kappa shape index (κ3) is 11.9. The van der Waals surface area contributed by atoms with E-state index in [0.717, 1.165) is 16.6 Å². The van der Waals surface area contributed by atoms with Gasteiger partial charge in [0.15, 0.2) is 0 Å². The molecular weight excluding hydrogens is 1340 g/mol. The van der Waals surface area contributed by atoms with Crippen molar-refractivity contribution in [1.82, 2.24) is 9.97 Å². The molecular formula is C103H72B3N5. The molecule has 0 N–H and O–H groups in total. The first-order valence-corrected chi connectivity index (χ1v) is 38.4. The molecule has 18 aromatic rings. The zero-order valence-electron chi connectivity index (χ0n) is 61.0. The van der Waals surface area contributed by atoms with Crippen molar-refractivity contribution in [3.05, 3.63) is 448 Å². The van der Waals surface area contributed by atoms with Gasteiger partial charge in [0, 0.05) is 74.3 Å². The lowest BCUT2D eigenvalue weighted by Crippen LogP contribution is -2.58. The SMILES string of the molecule is c1ccc(-c2cccc(-c3ccccc3)c2B2c3ccccc3N(c3ccc4c(c3)-c3ccccc3C4c3ccccc3)c3ccccc32)cc1.c1ccc(N2c3ccccc3B(c3ccc4ccccc4n3)c3ccccc32)cc1.c1ccc(N2c3ccccc3B(c3cccc4cccnc34)c3ccccc32)cc1. The Bertz CT molecular complexity index is 6260. The molecule has 0 radical (unpaired) electrons. The molecule has 111 heavy (non-hydrogen) atoms. The molecule has 1 unspecified atom stereocenters. The largest absolute Gasteiger partial charge is 0.312 e. The van der Waals surface area contributed by atoms with Crippen LogP contribution in [-0.2, 0) is 0 Å². The first-order valence-electron chi connectivity index (χ1n) is 38.4. The van der Waals surface area contributed by atoms with E-state index < -0.39 is 0 Å². The maximum atomic E-state index is 5.08. The Morgan fingerprint density at radius 2 is 0.631 bits per heavy atom. The van der Waals surface area contributed by atoms with Crippen LogP contribution in [0.5, 0.6) is 0 Å². The summed E-state index contributed by atoms with van der Waals surface area (Å²) < 4.78 is 0. The first kappa shape index (κ1) is 66.4. The van der Waals surface area contributed by atoms with Crippen LogP contribution in [0.4, 0.5) is 51.2 Å². The summed E-state index contributed by atoms with van der Waals surface area (Å²) in [5, 5.41) is 2.35. The summed E-state index contributed by atoms with van der Waals surface area (Å²) in [6.07, 6.45) is 1.89. The van der Waals surface area contributed by atoms with E-state index in [9.17, 15) is 0 Å². The number of fused-ring (bicyclic) bond motifs is 11. The van der Waals surface area contributed by atoms with Crippen molar-refractivity contribution in [1.29, 1.82) is 0 Å². The molecule has 16 aromatic carbocycles. The lowest BCUT2D eigenvalue weighted by Gasteiger charge is -2.38. The second-order valence-electron chi connectivity index (χ2n) is 28.9. The van der Waals surface area contributed by atoms with Gasteiger partial charge < -0.3 is 14.7 Å². The lowest BCUT2D eigenvalue weighted by atomic mass is 9.33. The Kier molecular flexibility index (Phi) is 17.3. The zero-order valence-corrected chi connectivity index (χ0v) is 61.0. The van der Waals surface area contributed by atoms with Crippen molar-refractivity contribution in [3.63, 3.8) is 0 Å². The quantitative estimate of drug-likeness (QED) is 0.135. The molecule has 1 aliphatic carbocycles. The average molecular weight is 1410 g/mol. The molecule has 0 spiro atoms. The van der Waals surface area contributed by atoms with Crippen molar-refractivity contribution >= 4 is 142 Å². The maximum Gasteiger partial charge on any atom is 0.269 e. The summed E-state index contributed by atoms with van der Waals surface area (Å²) in [7, 11) is 0. The minimum atomic E-state index is 0.0258. The molecule has 3 aliphatic heterocycles. The fraction of sp³-hybridized carbons (Fsp3) is 0.00971. The number of pyridine rings is 2. The summed E-state index contributed by atoms with van der Waals surface area (Å²) in [5.41, 5.74) is 36.1. The Hall–Kier alpha value is -14.1. The zero-order chi connectivity index (χ0) is 73.6. The molecule has 8 heteroatoms. The van der Waals surface area contributed by atoms with Gasteiger partial charge in [0.2, 0.25) is 13.4 Å². The van der Waals surface area contributed by atoms with E-state index in [1.165, 1.54) is 156 Å². The van der Waals surface area contributed by atoms with Crippen molar-refractivity contribution in [2.75, 3.05) is 14.7 Å². The molecule has 0 fully saturated rings. The van der Waals surface area contributed by atoms with Gasteiger partial charge in [-0.3, -0.25) is 9.97 Å². The minimum Gasteiger partial charge on any atom is -0.312 e. The number of nitrogens with zero attached hydrogens (tertiary/aromatic N) is 5. The molecule has 1 atom stereocenters. The van der Waals surface area contributed by atoms with Crippen molar-refractivity contribution in [3.8, 4) is 33.4 Å². The highest BCUT2D eigenvalue weighted by molar-refractivity contribution is 7.00. The molecule has 5 heterocycles. The topological polar surface area (TPSA) is 35.5 Å². The van der Waals surface area contributed by atoms with E-state index in [-0.39, 0.29) is 26.1 Å². The Labute approximate surface area is 649 Å². The summed E-state index contributed by atoms with van der Waals surface area (Å²) in [5.74, 6) is 0.225. The normalized spacial score (nSPS) is 13.2. The molecule has 0 bridgehead atoms. The molecule has 4 aliphatic rings. The Morgan fingerprint density at radius 1 is 0.243 bits per heavy atom.